The van der Waals surface area contributed by atoms with Crippen molar-refractivity contribution in [2.45, 2.75) is 50.4 Å². The van der Waals surface area contributed by atoms with E-state index in [2.05, 4.69) is 117 Å². The van der Waals surface area contributed by atoms with Crippen LogP contribution < -0.4 is 10.5 Å². The number of rotatable bonds is 13. The molecule has 296 valence electrons. The minimum Gasteiger partial charge on any atom is -0.399 e. The molecular formula is C44H57ClN4O4S2. The van der Waals surface area contributed by atoms with Gasteiger partial charge < -0.3 is 15.5 Å². The predicted octanol–water partition coefficient (Wildman–Crippen LogP) is 7.63. The molecule has 4 aromatic carbocycles. The standard InChI is InChI=1S/C23H30N2O2S.C20H24N2.CH3ClO2S/c1-3-23(19-12-7-13-20(15-19)24-28(2,26)27)21-16-25(17-22(21)23)14-8-11-18-9-5-4-6-10-18;21-17-10-4-9-16(12-17)20-18-13-22(14-19(18)20)11-5-8-15-6-2-1-3-7-15;1-5(2,3)4/h4-7,9-10,12-13,15,21-22,24H,3,8,11,14,16-17H2,1-2H3;1-4,6-7,9-10,12,18-20H,5,8,11,13-14,21H2;1H3. The monoisotopic (exact) mass is 804 g/mol. The van der Waals surface area contributed by atoms with Crippen LogP contribution in [0.2, 0.25) is 0 Å². The van der Waals surface area contributed by atoms with Crippen molar-refractivity contribution in [3.8, 4) is 0 Å². The molecule has 0 spiro atoms. The van der Waals surface area contributed by atoms with Gasteiger partial charge in [0.05, 0.1) is 12.5 Å². The van der Waals surface area contributed by atoms with Crippen molar-refractivity contribution in [3.05, 3.63) is 131 Å². The van der Waals surface area contributed by atoms with Crippen LogP contribution >= 0.6 is 10.7 Å². The maximum absolute atomic E-state index is 11.6. The number of nitrogens with one attached hydrogen (secondary N) is 1. The van der Waals surface area contributed by atoms with Gasteiger partial charge >= 0.3 is 0 Å². The smallest absolute Gasteiger partial charge is 0.229 e. The third kappa shape index (κ3) is 11.3. The van der Waals surface area contributed by atoms with Crippen molar-refractivity contribution in [1.29, 1.82) is 0 Å². The molecule has 2 saturated carbocycles. The van der Waals surface area contributed by atoms with Crippen molar-refractivity contribution >= 4 is 41.1 Å². The molecule has 4 atom stereocenters. The number of hydrogen-bond acceptors (Lipinski definition) is 7. The maximum atomic E-state index is 11.6. The Morgan fingerprint density at radius 2 is 1.22 bits per heavy atom. The van der Waals surface area contributed by atoms with E-state index >= 15 is 0 Å². The topological polar surface area (TPSA) is 113 Å². The summed E-state index contributed by atoms with van der Waals surface area (Å²) in [5, 5.41) is 0. The molecule has 8 rings (SSSR count). The van der Waals surface area contributed by atoms with Gasteiger partial charge in [-0.3, -0.25) is 4.72 Å². The second-order valence-electron chi connectivity index (χ2n) is 16.0. The van der Waals surface area contributed by atoms with Gasteiger partial charge in [-0.1, -0.05) is 91.9 Å². The lowest BCUT2D eigenvalue weighted by atomic mass is 9.87. The maximum Gasteiger partial charge on any atom is 0.229 e. The summed E-state index contributed by atoms with van der Waals surface area (Å²) in [4.78, 5) is 5.27. The molecule has 0 radical (unpaired) electrons. The first-order chi connectivity index (χ1) is 26.2. The highest BCUT2D eigenvalue weighted by molar-refractivity contribution is 8.13. The molecule has 0 bridgehead atoms. The van der Waals surface area contributed by atoms with Crippen LogP contribution in [0.25, 0.3) is 0 Å². The molecule has 0 aromatic heterocycles. The summed E-state index contributed by atoms with van der Waals surface area (Å²) in [6.07, 6.45) is 8.06. The lowest BCUT2D eigenvalue weighted by Crippen LogP contribution is -2.31. The fourth-order valence-corrected chi connectivity index (χ4v) is 10.2. The Labute approximate surface area is 333 Å². The Morgan fingerprint density at radius 1 is 0.709 bits per heavy atom. The average Bonchev–Trinajstić information content (AvgIpc) is 3.80. The second kappa shape index (κ2) is 17.8. The summed E-state index contributed by atoms with van der Waals surface area (Å²) in [5.41, 5.74) is 13.4. The number of fused-ring (bicyclic) bond motifs is 2. The van der Waals surface area contributed by atoms with Crippen LogP contribution in [0.15, 0.2) is 109 Å². The first-order valence-corrected chi connectivity index (χ1v) is 24.2. The second-order valence-corrected chi connectivity index (χ2v) is 20.8. The van der Waals surface area contributed by atoms with Crippen molar-refractivity contribution < 1.29 is 16.8 Å². The van der Waals surface area contributed by atoms with E-state index in [1.54, 1.807) is 0 Å². The molecule has 8 nitrogen and oxygen atoms in total. The van der Waals surface area contributed by atoms with Crippen molar-refractivity contribution in [1.82, 2.24) is 9.80 Å². The first kappa shape index (κ1) is 41.2. The van der Waals surface area contributed by atoms with Crippen molar-refractivity contribution in [2.24, 2.45) is 23.7 Å². The molecule has 55 heavy (non-hydrogen) atoms. The van der Waals surface area contributed by atoms with E-state index in [-0.39, 0.29) is 5.41 Å². The fourth-order valence-electron chi connectivity index (χ4n) is 9.60. The molecule has 2 saturated heterocycles. The van der Waals surface area contributed by atoms with Crippen LogP contribution in [0.3, 0.4) is 0 Å². The average molecular weight is 806 g/mol. The van der Waals surface area contributed by atoms with Gasteiger partial charge in [0.1, 0.15) is 0 Å². The summed E-state index contributed by atoms with van der Waals surface area (Å²) >= 11 is 0. The number of nitrogen functional groups attached to an aromatic ring is 1. The molecule has 4 aliphatic rings. The molecular weight excluding hydrogens is 748 g/mol. The fraction of sp³-hybridized carbons (Fsp3) is 0.455. The van der Waals surface area contributed by atoms with E-state index < -0.39 is 19.1 Å². The van der Waals surface area contributed by atoms with E-state index in [9.17, 15) is 16.8 Å². The third-order valence-electron chi connectivity index (χ3n) is 12.0. The molecule has 4 fully saturated rings. The van der Waals surface area contributed by atoms with E-state index in [1.165, 1.54) is 67.4 Å². The quantitative estimate of drug-likeness (QED) is 0.106. The number of anilines is 2. The Morgan fingerprint density at radius 3 is 1.71 bits per heavy atom. The number of sulfonamides is 1. The summed E-state index contributed by atoms with van der Waals surface area (Å²) < 4.78 is 44.6. The predicted molar refractivity (Wildman–Crippen MR) is 228 cm³/mol. The van der Waals surface area contributed by atoms with Crippen LogP contribution in [0.5, 0.6) is 0 Å². The number of halogens is 1. The normalized spacial score (nSPS) is 25.4. The Hall–Kier alpha value is -3.41. The lowest BCUT2D eigenvalue weighted by Gasteiger charge is -2.27. The minimum atomic E-state index is -3.24. The zero-order chi connectivity index (χ0) is 39.2. The zero-order valence-corrected chi connectivity index (χ0v) is 34.7. The van der Waals surface area contributed by atoms with Gasteiger partial charge in [-0.15, -0.1) is 0 Å². The number of aryl methyl sites for hydroxylation is 2. The number of piperidine rings is 2. The van der Waals surface area contributed by atoms with Crippen LogP contribution in [-0.4, -0.2) is 78.4 Å². The molecule has 4 aromatic rings. The van der Waals surface area contributed by atoms with Gasteiger partial charge in [-0.05, 0) is 121 Å². The van der Waals surface area contributed by atoms with Crippen LogP contribution in [-0.2, 0) is 37.3 Å². The summed E-state index contributed by atoms with van der Waals surface area (Å²) in [7, 11) is -1.94. The number of nitrogens with two attached hydrogens (primary N) is 1. The van der Waals surface area contributed by atoms with Crippen LogP contribution in [0.1, 0.15) is 54.4 Å². The summed E-state index contributed by atoms with van der Waals surface area (Å²) in [6, 6.07) is 38.1. The van der Waals surface area contributed by atoms with Gasteiger partial charge in [0.25, 0.3) is 0 Å². The van der Waals surface area contributed by atoms with Crippen LogP contribution in [0, 0.1) is 23.7 Å². The molecule has 2 heterocycles. The molecule has 4 unspecified atom stereocenters. The van der Waals surface area contributed by atoms with E-state index in [1.807, 2.05) is 24.3 Å². The van der Waals surface area contributed by atoms with E-state index in [4.69, 9.17) is 5.73 Å². The Kier molecular flexibility index (Phi) is 13.3. The van der Waals surface area contributed by atoms with Crippen molar-refractivity contribution in [3.63, 3.8) is 0 Å². The summed E-state index contributed by atoms with van der Waals surface area (Å²) in [6.45, 7) is 9.56. The molecule has 2 aliphatic heterocycles. The highest BCUT2D eigenvalue weighted by atomic mass is 35.7. The first-order valence-electron chi connectivity index (χ1n) is 19.6. The minimum absolute atomic E-state index is 0.227. The Balaban J connectivity index is 0.000000170. The molecule has 11 heteroatoms. The van der Waals surface area contributed by atoms with E-state index in [0.717, 1.165) is 62.2 Å². The van der Waals surface area contributed by atoms with Gasteiger partial charge in [-0.2, -0.15) is 0 Å². The van der Waals surface area contributed by atoms with Gasteiger partial charge in [-0.25, -0.2) is 16.8 Å². The highest BCUT2D eigenvalue weighted by Gasteiger charge is 2.67. The Bertz CT molecular complexity index is 2050. The number of hydrogen-bond donors (Lipinski definition) is 2. The number of nitrogens with zero attached hydrogens (tertiary/aromatic N) is 2. The molecule has 3 N–H and O–H groups in total. The lowest BCUT2D eigenvalue weighted by molar-refractivity contribution is 0.266. The largest absolute Gasteiger partial charge is 0.399 e. The van der Waals surface area contributed by atoms with Crippen molar-refractivity contribution in [2.75, 3.05) is 62.2 Å². The van der Waals surface area contributed by atoms with Gasteiger partial charge in [0, 0.05) is 53.7 Å². The van der Waals surface area contributed by atoms with Crippen LogP contribution in [0.4, 0.5) is 11.4 Å². The third-order valence-corrected chi connectivity index (χ3v) is 12.6. The van der Waals surface area contributed by atoms with E-state index in [0.29, 0.717) is 17.5 Å². The number of benzene rings is 4. The van der Waals surface area contributed by atoms with Gasteiger partial charge in [0.15, 0.2) is 0 Å². The SMILES string of the molecule is CCC1(c2cccc(NS(C)(=O)=O)c2)C2CN(CCCc3ccccc3)CC21.CS(=O)(=O)Cl.Nc1cccc(C2C3CN(CCCc4ccccc4)CC32)c1. The van der Waals surface area contributed by atoms with Gasteiger partial charge in [0.2, 0.25) is 19.1 Å². The molecule has 0 amide bonds. The summed E-state index contributed by atoms with van der Waals surface area (Å²) in [5.74, 6) is 3.91. The molecule has 2 aliphatic carbocycles. The zero-order valence-electron chi connectivity index (χ0n) is 32.4. The highest BCUT2D eigenvalue weighted by Crippen LogP contribution is 2.65. The number of likely N-dealkylation sites (tertiary alicyclic amines) is 2.